The van der Waals surface area contributed by atoms with Crippen LogP contribution in [0.3, 0.4) is 0 Å². The van der Waals surface area contributed by atoms with Gasteiger partial charge in [0.25, 0.3) is 5.56 Å². The zero-order valence-corrected chi connectivity index (χ0v) is 16.8. The second-order valence-electron chi connectivity index (χ2n) is 8.08. The van der Waals surface area contributed by atoms with Crippen molar-refractivity contribution in [1.82, 2.24) is 14.8 Å². The van der Waals surface area contributed by atoms with Gasteiger partial charge in [-0.2, -0.15) is 23.0 Å². The van der Waals surface area contributed by atoms with E-state index in [1.165, 1.54) is 6.20 Å². The number of ether oxygens (including phenoxy) is 1. The lowest BCUT2D eigenvalue weighted by molar-refractivity contribution is -0.137. The third-order valence-electron chi connectivity index (χ3n) is 6.03. The average Bonchev–Trinajstić information content (AvgIpc) is 3.09. The van der Waals surface area contributed by atoms with Gasteiger partial charge in [0.15, 0.2) is 5.82 Å². The number of anilines is 1. The number of hydrogen-bond acceptors (Lipinski definition) is 5. The summed E-state index contributed by atoms with van der Waals surface area (Å²) in [5, 5.41) is 4.05. The summed E-state index contributed by atoms with van der Waals surface area (Å²) >= 11 is 6.35. The van der Waals surface area contributed by atoms with Crippen molar-refractivity contribution in [3.05, 3.63) is 45.5 Å². The highest BCUT2D eigenvalue weighted by Gasteiger charge is 2.61. The molecule has 2 aromatic rings. The van der Waals surface area contributed by atoms with Gasteiger partial charge in [0, 0.05) is 37.2 Å². The lowest BCUT2D eigenvalue weighted by Gasteiger charge is -2.58. The zero-order chi connectivity index (χ0) is 21.1. The minimum absolute atomic E-state index is 0.0349. The SMILES string of the molecule is CN(c1cnn(-c2ccc(C(F)(F)F)cn2)c(=O)c1Cl)C1C2CCOC2C1(C)C. The highest BCUT2D eigenvalue weighted by molar-refractivity contribution is 6.33. The number of aromatic nitrogens is 3. The largest absolute Gasteiger partial charge is 0.417 e. The van der Waals surface area contributed by atoms with Gasteiger partial charge < -0.3 is 9.64 Å². The van der Waals surface area contributed by atoms with E-state index in [1.807, 2.05) is 11.9 Å². The molecule has 3 heterocycles. The van der Waals surface area contributed by atoms with Crippen molar-refractivity contribution in [3.63, 3.8) is 0 Å². The first-order valence-corrected chi connectivity index (χ1v) is 9.57. The first kappa shape index (κ1) is 20.2. The summed E-state index contributed by atoms with van der Waals surface area (Å²) in [6, 6.07) is 2.07. The Bertz CT molecular complexity index is 990. The Hall–Kier alpha value is -2.13. The van der Waals surface area contributed by atoms with Crippen LogP contribution in [0.4, 0.5) is 18.9 Å². The Morgan fingerprint density at radius 3 is 2.66 bits per heavy atom. The molecule has 0 N–H and O–H groups in total. The van der Waals surface area contributed by atoms with Crippen molar-refractivity contribution in [2.45, 2.75) is 38.6 Å². The predicted octanol–water partition coefficient (Wildman–Crippen LogP) is 3.55. The molecule has 29 heavy (non-hydrogen) atoms. The maximum atomic E-state index is 12.7. The van der Waals surface area contributed by atoms with E-state index in [2.05, 4.69) is 23.9 Å². The van der Waals surface area contributed by atoms with Crippen LogP contribution >= 0.6 is 11.6 Å². The highest BCUT2D eigenvalue weighted by Crippen LogP contribution is 2.55. The van der Waals surface area contributed by atoms with Crippen molar-refractivity contribution in [3.8, 4) is 5.82 Å². The van der Waals surface area contributed by atoms with Crippen LogP contribution < -0.4 is 10.5 Å². The molecule has 3 unspecified atom stereocenters. The van der Waals surface area contributed by atoms with Gasteiger partial charge in [-0.15, -0.1) is 0 Å². The number of halogens is 4. The summed E-state index contributed by atoms with van der Waals surface area (Å²) in [5.74, 6) is 0.317. The third kappa shape index (κ3) is 3.11. The van der Waals surface area contributed by atoms with E-state index >= 15 is 0 Å². The molecule has 0 radical (unpaired) electrons. The molecule has 2 aromatic heterocycles. The van der Waals surface area contributed by atoms with Crippen molar-refractivity contribution in [2.75, 3.05) is 18.6 Å². The van der Waals surface area contributed by atoms with Crippen LogP contribution in [0.15, 0.2) is 29.3 Å². The molecule has 0 amide bonds. The minimum Gasteiger partial charge on any atom is -0.377 e. The Morgan fingerprint density at radius 1 is 1.31 bits per heavy atom. The van der Waals surface area contributed by atoms with Crippen LogP contribution in [-0.4, -0.2) is 40.6 Å². The molecule has 0 aromatic carbocycles. The molecule has 2 fully saturated rings. The van der Waals surface area contributed by atoms with Gasteiger partial charge in [-0.05, 0) is 18.6 Å². The Kier molecular flexibility index (Phi) is 4.66. The standard InChI is InChI=1S/C19H20ClF3N4O2/c1-18(2)15(11-6-7-29-16(11)18)26(3)12-9-25-27(17(28)14(12)20)13-5-4-10(8-24-13)19(21,22)23/h4-5,8-9,11,15-16H,6-7H2,1-3H3. The fourth-order valence-electron chi connectivity index (χ4n) is 4.75. The van der Waals surface area contributed by atoms with E-state index in [0.29, 0.717) is 17.8 Å². The molecule has 1 aliphatic heterocycles. The van der Waals surface area contributed by atoms with Gasteiger partial charge in [0.1, 0.15) is 5.02 Å². The van der Waals surface area contributed by atoms with Crippen molar-refractivity contribution < 1.29 is 17.9 Å². The number of nitrogens with zero attached hydrogens (tertiary/aromatic N) is 4. The van der Waals surface area contributed by atoms with E-state index in [0.717, 1.165) is 29.8 Å². The molecule has 3 atom stereocenters. The minimum atomic E-state index is -4.51. The van der Waals surface area contributed by atoms with Crippen LogP contribution in [0.5, 0.6) is 0 Å². The third-order valence-corrected chi connectivity index (χ3v) is 6.38. The Labute approximate surface area is 170 Å². The lowest BCUT2D eigenvalue weighted by atomic mass is 9.56. The number of alkyl halides is 3. The summed E-state index contributed by atoms with van der Waals surface area (Å²) in [5.41, 5.74) is -1.18. The molecule has 10 heteroatoms. The van der Waals surface area contributed by atoms with Crippen LogP contribution in [-0.2, 0) is 10.9 Å². The molecule has 1 saturated heterocycles. The van der Waals surface area contributed by atoms with Gasteiger partial charge in [0.05, 0.1) is 23.6 Å². The summed E-state index contributed by atoms with van der Waals surface area (Å²) in [6.45, 7) is 4.96. The fourth-order valence-corrected chi connectivity index (χ4v) is 5.01. The summed E-state index contributed by atoms with van der Waals surface area (Å²) in [4.78, 5) is 18.4. The number of hydrogen-bond donors (Lipinski definition) is 0. The van der Waals surface area contributed by atoms with E-state index in [-0.39, 0.29) is 28.4 Å². The topological polar surface area (TPSA) is 60.2 Å². The van der Waals surface area contributed by atoms with Crippen LogP contribution in [0.2, 0.25) is 5.02 Å². The smallest absolute Gasteiger partial charge is 0.377 e. The second kappa shape index (κ2) is 6.70. The quantitative estimate of drug-likeness (QED) is 0.748. The molecule has 4 rings (SSSR count). The Balaban J connectivity index is 1.65. The van der Waals surface area contributed by atoms with Gasteiger partial charge in [0.2, 0.25) is 0 Å². The molecule has 1 aliphatic carbocycles. The van der Waals surface area contributed by atoms with Gasteiger partial charge in [-0.25, -0.2) is 4.98 Å². The maximum absolute atomic E-state index is 12.7. The first-order valence-electron chi connectivity index (χ1n) is 9.19. The average molecular weight is 429 g/mol. The molecule has 1 saturated carbocycles. The second-order valence-corrected chi connectivity index (χ2v) is 8.46. The summed E-state index contributed by atoms with van der Waals surface area (Å²) in [6.07, 6.45) is -1.28. The first-order chi connectivity index (χ1) is 13.5. The molecule has 156 valence electrons. The Morgan fingerprint density at radius 2 is 2.03 bits per heavy atom. The monoisotopic (exact) mass is 428 g/mol. The van der Waals surface area contributed by atoms with Crippen molar-refractivity contribution in [2.24, 2.45) is 11.3 Å². The number of fused-ring (bicyclic) bond motifs is 1. The van der Waals surface area contributed by atoms with E-state index < -0.39 is 17.3 Å². The van der Waals surface area contributed by atoms with Gasteiger partial charge >= 0.3 is 6.18 Å². The van der Waals surface area contributed by atoms with Crippen molar-refractivity contribution in [1.29, 1.82) is 0 Å². The predicted molar refractivity (Wildman–Crippen MR) is 101 cm³/mol. The number of pyridine rings is 1. The van der Waals surface area contributed by atoms with Crippen LogP contribution in [0.1, 0.15) is 25.8 Å². The molecule has 0 spiro atoms. The van der Waals surface area contributed by atoms with Gasteiger partial charge in [-0.1, -0.05) is 25.4 Å². The number of rotatable bonds is 3. The van der Waals surface area contributed by atoms with Gasteiger partial charge in [-0.3, -0.25) is 4.79 Å². The zero-order valence-electron chi connectivity index (χ0n) is 16.1. The summed E-state index contributed by atoms with van der Waals surface area (Å²) < 4.78 is 44.9. The van der Waals surface area contributed by atoms with Crippen LogP contribution in [0, 0.1) is 11.3 Å². The maximum Gasteiger partial charge on any atom is 0.417 e. The van der Waals surface area contributed by atoms with E-state index in [4.69, 9.17) is 16.3 Å². The molecular formula is C19H20ClF3N4O2. The van der Waals surface area contributed by atoms with Crippen molar-refractivity contribution >= 4 is 17.3 Å². The van der Waals surface area contributed by atoms with E-state index in [1.54, 1.807) is 0 Å². The van der Waals surface area contributed by atoms with E-state index in [9.17, 15) is 18.0 Å². The van der Waals surface area contributed by atoms with Crippen LogP contribution in [0.25, 0.3) is 5.82 Å². The summed E-state index contributed by atoms with van der Waals surface area (Å²) in [7, 11) is 1.87. The lowest BCUT2D eigenvalue weighted by Crippen LogP contribution is -2.66. The molecular weight excluding hydrogens is 409 g/mol. The fraction of sp³-hybridized carbons (Fsp3) is 0.526. The highest BCUT2D eigenvalue weighted by atomic mass is 35.5. The molecule has 6 nitrogen and oxygen atoms in total. The normalized spacial score (nSPS) is 25.4. The molecule has 2 aliphatic rings. The molecule has 0 bridgehead atoms.